The van der Waals surface area contributed by atoms with E-state index in [9.17, 15) is 9.59 Å². The average molecular weight is 413 g/mol. The fourth-order valence-electron chi connectivity index (χ4n) is 1.78. The van der Waals surface area contributed by atoms with Crippen LogP contribution in [0.3, 0.4) is 0 Å². The molecule has 0 saturated carbocycles. The van der Waals surface area contributed by atoms with Gasteiger partial charge in [0.15, 0.2) is 13.2 Å². The van der Waals surface area contributed by atoms with E-state index >= 15 is 0 Å². The SMILES string of the molecule is Cc1ccc(Cl)cc1NC(=O)COC(=O)COc1ccc(Br)cc1. The molecule has 2 rings (SSSR count). The third-order valence-electron chi connectivity index (χ3n) is 3.01. The molecular weight excluding hydrogens is 398 g/mol. The lowest BCUT2D eigenvalue weighted by molar-refractivity contribution is -0.149. The first-order valence-electron chi connectivity index (χ1n) is 7.04. The number of amides is 1. The quantitative estimate of drug-likeness (QED) is 0.729. The molecule has 0 spiro atoms. The molecule has 0 radical (unpaired) electrons. The van der Waals surface area contributed by atoms with Crippen molar-refractivity contribution in [3.05, 3.63) is 57.5 Å². The van der Waals surface area contributed by atoms with E-state index in [2.05, 4.69) is 21.2 Å². The van der Waals surface area contributed by atoms with Crippen LogP contribution in [0, 0.1) is 6.92 Å². The molecule has 0 aliphatic carbocycles. The van der Waals surface area contributed by atoms with Gasteiger partial charge in [-0.15, -0.1) is 0 Å². The Hall–Kier alpha value is -2.05. The van der Waals surface area contributed by atoms with Crippen LogP contribution >= 0.6 is 27.5 Å². The number of rotatable bonds is 6. The fourth-order valence-corrected chi connectivity index (χ4v) is 2.21. The van der Waals surface area contributed by atoms with E-state index in [1.165, 1.54) is 0 Å². The molecule has 0 atom stereocenters. The molecule has 24 heavy (non-hydrogen) atoms. The van der Waals surface area contributed by atoms with Crippen molar-refractivity contribution in [3.8, 4) is 5.75 Å². The lowest BCUT2D eigenvalue weighted by Crippen LogP contribution is -2.24. The summed E-state index contributed by atoms with van der Waals surface area (Å²) in [5.41, 5.74) is 1.44. The summed E-state index contributed by atoms with van der Waals surface area (Å²) in [6.45, 7) is 1.17. The summed E-state index contributed by atoms with van der Waals surface area (Å²) in [5.74, 6) is -0.539. The van der Waals surface area contributed by atoms with Crippen molar-refractivity contribution in [3.63, 3.8) is 0 Å². The van der Waals surface area contributed by atoms with E-state index in [0.717, 1.165) is 10.0 Å². The number of halogens is 2. The predicted molar refractivity (Wildman–Crippen MR) is 95.4 cm³/mol. The van der Waals surface area contributed by atoms with E-state index in [1.807, 2.05) is 6.92 Å². The first-order chi connectivity index (χ1) is 11.4. The summed E-state index contributed by atoms with van der Waals surface area (Å²) in [6.07, 6.45) is 0. The highest BCUT2D eigenvalue weighted by Gasteiger charge is 2.10. The summed E-state index contributed by atoms with van der Waals surface area (Å²) < 4.78 is 11.0. The summed E-state index contributed by atoms with van der Waals surface area (Å²) in [5, 5.41) is 3.15. The molecule has 0 heterocycles. The van der Waals surface area contributed by atoms with Gasteiger partial charge in [-0.05, 0) is 48.9 Å². The van der Waals surface area contributed by atoms with Crippen molar-refractivity contribution in [2.24, 2.45) is 0 Å². The van der Waals surface area contributed by atoms with E-state index in [1.54, 1.807) is 42.5 Å². The van der Waals surface area contributed by atoms with Crippen LogP contribution < -0.4 is 10.1 Å². The van der Waals surface area contributed by atoms with Gasteiger partial charge in [-0.25, -0.2) is 4.79 Å². The Morgan fingerprint density at radius 3 is 2.54 bits per heavy atom. The van der Waals surface area contributed by atoms with Gasteiger partial charge in [-0.2, -0.15) is 0 Å². The van der Waals surface area contributed by atoms with Crippen LogP contribution in [-0.2, 0) is 14.3 Å². The second-order valence-corrected chi connectivity index (χ2v) is 6.26. The number of carbonyl (C=O) groups excluding carboxylic acids is 2. The lowest BCUT2D eigenvalue weighted by atomic mass is 10.2. The van der Waals surface area contributed by atoms with Crippen LogP contribution in [0.15, 0.2) is 46.9 Å². The molecule has 0 aliphatic rings. The Balaban J connectivity index is 1.75. The van der Waals surface area contributed by atoms with Crippen molar-refractivity contribution in [2.45, 2.75) is 6.92 Å². The summed E-state index contributed by atoms with van der Waals surface area (Å²) in [6, 6.07) is 12.2. The topological polar surface area (TPSA) is 64.6 Å². The van der Waals surface area contributed by atoms with Crippen LogP contribution in [0.2, 0.25) is 5.02 Å². The van der Waals surface area contributed by atoms with E-state index < -0.39 is 18.5 Å². The van der Waals surface area contributed by atoms with Gasteiger partial charge in [0, 0.05) is 15.2 Å². The van der Waals surface area contributed by atoms with Gasteiger partial charge in [0.1, 0.15) is 5.75 Å². The molecule has 1 N–H and O–H groups in total. The first kappa shape index (κ1) is 18.3. The Labute approximate surface area is 153 Å². The molecule has 0 saturated heterocycles. The molecule has 2 aromatic carbocycles. The number of ether oxygens (including phenoxy) is 2. The normalized spacial score (nSPS) is 10.1. The molecule has 0 fully saturated rings. The third-order valence-corrected chi connectivity index (χ3v) is 3.77. The van der Waals surface area contributed by atoms with Gasteiger partial charge < -0.3 is 14.8 Å². The van der Waals surface area contributed by atoms with Gasteiger partial charge in [0.05, 0.1) is 0 Å². The molecule has 0 aliphatic heterocycles. The molecular formula is C17H15BrClNO4. The molecule has 126 valence electrons. The van der Waals surface area contributed by atoms with Crippen LogP contribution in [0.1, 0.15) is 5.56 Å². The molecule has 7 heteroatoms. The zero-order valence-corrected chi connectivity index (χ0v) is 15.2. The van der Waals surface area contributed by atoms with Gasteiger partial charge in [0.25, 0.3) is 5.91 Å². The zero-order valence-electron chi connectivity index (χ0n) is 12.8. The van der Waals surface area contributed by atoms with Gasteiger partial charge in [-0.3, -0.25) is 4.79 Å². The Morgan fingerprint density at radius 2 is 1.83 bits per heavy atom. The maximum absolute atomic E-state index is 11.8. The fraction of sp³-hybridized carbons (Fsp3) is 0.176. The maximum atomic E-state index is 11.8. The third kappa shape index (κ3) is 5.86. The highest BCUT2D eigenvalue weighted by molar-refractivity contribution is 9.10. The molecule has 0 unspecified atom stereocenters. The number of anilines is 1. The monoisotopic (exact) mass is 411 g/mol. The number of nitrogens with one attached hydrogen (secondary N) is 1. The van der Waals surface area contributed by atoms with Crippen molar-refractivity contribution in [1.82, 2.24) is 0 Å². The predicted octanol–water partition coefficient (Wildman–Crippen LogP) is 3.97. The van der Waals surface area contributed by atoms with Crippen LogP contribution in [0.25, 0.3) is 0 Å². The minimum Gasteiger partial charge on any atom is -0.482 e. The smallest absolute Gasteiger partial charge is 0.344 e. The second-order valence-electron chi connectivity index (χ2n) is 4.91. The number of carbonyl (C=O) groups is 2. The molecule has 0 aromatic heterocycles. The zero-order chi connectivity index (χ0) is 17.5. The molecule has 5 nitrogen and oxygen atoms in total. The average Bonchev–Trinajstić information content (AvgIpc) is 2.56. The number of hydrogen-bond donors (Lipinski definition) is 1. The van der Waals surface area contributed by atoms with Crippen molar-refractivity contribution in [2.75, 3.05) is 18.5 Å². The summed E-state index contributed by atoms with van der Waals surface area (Å²) in [4.78, 5) is 23.4. The number of benzene rings is 2. The minimum absolute atomic E-state index is 0.273. The summed E-state index contributed by atoms with van der Waals surface area (Å²) in [7, 11) is 0. The number of hydrogen-bond acceptors (Lipinski definition) is 4. The van der Waals surface area contributed by atoms with Crippen LogP contribution in [-0.4, -0.2) is 25.1 Å². The molecule has 2 aromatic rings. The number of esters is 1. The first-order valence-corrected chi connectivity index (χ1v) is 8.21. The standard InChI is InChI=1S/C17H15BrClNO4/c1-11-2-5-13(19)8-15(11)20-16(21)9-24-17(22)10-23-14-6-3-12(18)4-7-14/h2-8H,9-10H2,1H3,(H,20,21). The van der Waals surface area contributed by atoms with Crippen molar-refractivity contribution in [1.29, 1.82) is 0 Å². The van der Waals surface area contributed by atoms with Gasteiger partial charge in [0.2, 0.25) is 0 Å². The van der Waals surface area contributed by atoms with Crippen molar-refractivity contribution < 1.29 is 19.1 Å². The Kier molecular flexibility index (Phi) is 6.63. The Morgan fingerprint density at radius 1 is 1.12 bits per heavy atom. The van der Waals surface area contributed by atoms with E-state index in [0.29, 0.717) is 16.5 Å². The highest BCUT2D eigenvalue weighted by atomic mass is 79.9. The second kappa shape index (κ2) is 8.70. The van der Waals surface area contributed by atoms with Gasteiger partial charge in [-0.1, -0.05) is 33.6 Å². The highest BCUT2D eigenvalue weighted by Crippen LogP contribution is 2.20. The number of aryl methyl sites for hydroxylation is 1. The largest absolute Gasteiger partial charge is 0.482 e. The molecule has 0 bridgehead atoms. The van der Waals surface area contributed by atoms with Crippen molar-refractivity contribution >= 4 is 45.1 Å². The van der Waals surface area contributed by atoms with Gasteiger partial charge >= 0.3 is 5.97 Å². The lowest BCUT2D eigenvalue weighted by Gasteiger charge is -2.10. The van der Waals surface area contributed by atoms with E-state index in [4.69, 9.17) is 21.1 Å². The van der Waals surface area contributed by atoms with Crippen LogP contribution in [0.4, 0.5) is 5.69 Å². The minimum atomic E-state index is -0.629. The molecule has 1 amide bonds. The van der Waals surface area contributed by atoms with E-state index in [-0.39, 0.29) is 6.61 Å². The summed E-state index contributed by atoms with van der Waals surface area (Å²) >= 11 is 9.18. The Bertz CT molecular complexity index is 734. The van der Waals surface area contributed by atoms with Crippen LogP contribution in [0.5, 0.6) is 5.75 Å². The maximum Gasteiger partial charge on any atom is 0.344 e.